The first-order valence-electron chi connectivity index (χ1n) is 7.83. The summed E-state index contributed by atoms with van der Waals surface area (Å²) in [6, 6.07) is 2.65. The van der Waals surface area contributed by atoms with Gasteiger partial charge in [0.15, 0.2) is 19.7 Å². The van der Waals surface area contributed by atoms with Gasteiger partial charge in [-0.15, -0.1) is 0 Å². The van der Waals surface area contributed by atoms with E-state index in [2.05, 4.69) is 5.32 Å². The van der Waals surface area contributed by atoms with Gasteiger partial charge in [0.25, 0.3) is 0 Å². The number of aryl methyl sites for hydroxylation is 2. The lowest BCUT2D eigenvalue weighted by atomic mass is 10.1. The predicted octanol–water partition coefficient (Wildman–Crippen LogP) is 1.25. The average molecular weight is 376 g/mol. The Hall–Kier alpha value is -1.12. The van der Waals surface area contributed by atoms with Crippen LogP contribution in [0.5, 0.6) is 5.75 Å². The van der Waals surface area contributed by atoms with Gasteiger partial charge in [-0.25, -0.2) is 16.8 Å². The van der Waals surface area contributed by atoms with Gasteiger partial charge in [0.1, 0.15) is 5.75 Å². The van der Waals surface area contributed by atoms with Crippen LogP contribution in [0.25, 0.3) is 0 Å². The van der Waals surface area contributed by atoms with E-state index in [-0.39, 0.29) is 22.4 Å². The fourth-order valence-electron chi connectivity index (χ4n) is 3.16. The molecule has 2 rings (SSSR count). The van der Waals surface area contributed by atoms with Crippen molar-refractivity contribution in [3.8, 4) is 5.75 Å². The number of methoxy groups -OCH3 is 1. The van der Waals surface area contributed by atoms with Crippen molar-refractivity contribution >= 4 is 19.7 Å². The number of ether oxygens (including phenoxy) is 1. The highest BCUT2D eigenvalue weighted by atomic mass is 32.2. The average Bonchev–Trinajstić information content (AvgIpc) is 2.75. The van der Waals surface area contributed by atoms with Gasteiger partial charge in [0, 0.05) is 12.1 Å². The van der Waals surface area contributed by atoms with Crippen molar-refractivity contribution < 1.29 is 21.6 Å². The molecule has 0 aromatic heterocycles. The largest absolute Gasteiger partial charge is 0.496 e. The van der Waals surface area contributed by atoms with E-state index in [0.717, 1.165) is 0 Å². The maximum Gasteiger partial charge on any atom is 0.184 e. The van der Waals surface area contributed by atoms with Crippen LogP contribution in [0.2, 0.25) is 0 Å². The summed E-state index contributed by atoms with van der Waals surface area (Å²) < 4.78 is 55.6. The second-order valence-electron chi connectivity index (χ2n) is 6.68. The molecule has 136 valence electrons. The first kappa shape index (κ1) is 19.2. The van der Waals surface area contributed by atoms with E-state index < -0.39 is 31.0 Å². The molecule has 0 bridgehead atoms. The Morgan fingerprint density at radius 3 is 2.33 bits per heavy atom. The molecule has 0 amide bonds. The van der Waals surface area contributed by atoms with E-state index in [1.54, 1.807) is 26.0 Å². The van der Waals surface area contributed by atoms with Gasteiger partial charge in [-0.3, -0.25) is 0 Å². The number of nitrogens with one attached hydrogen (secondary N) is 1. The zero-order chi connectivity index (χ0) is 18.3. The Balaban J connectivity index is 2.51. The third-order valence-corrected chi connectivity index (χ3v) is 8.54. The fraction of sp³-hybridized carbons (Fsp3) is 0.625. The molecule has 1 fully saturated rings. The lowest BCUT2D eigenvalue weighted by Gasteiger charge is -2.23. The van der Waals surface area contributed by atoms with Crippen molar-refractivity contribution in [1.29, 1.82) is 0 Å². The molecule has 1 heterocycles. The molecule has 1 aliphatic rings. The van der Waals surface area contributed by atoms with Crippen LogP contribution in [0.3, 0.4) is 0 Å². The van der Waals surface area contributed by atoms with Gasteiger partial charge < -0.3 is 10.1 Å². The lowest BCUT2D eigenvalue weighted by Crippen LogP contribution is -2.46. The summed E-state index contributed by atoms with van der Waals surface area (Å²) in [7, 11) is -5.63. The van der Waals surface area contributed by atoms with Gasteiger partial charge in [0.05, 0.1) is 28.8 Å². The summed E-state index contributed by atoms with van der Waals surface area (Å²) in [4.78, 5) is 0.179. The van der Waals surface area contributed by atoms with Crippen molar-refractivity contribution in [2.24, 2.45) is 0 Å². The molecule has 0 aliphatic carbocycles. The quantitative estimate of drug-likeness (QED) is 0.833. The molecule has 1 aromatic rings. The monoisotopic (exact) mass is 375 g/mol. The Bertz CT molecular complexity index is 828. The molecule has 0 radical (unpaired) electrons. The fourth-order valence-corrected chi connectivity index (χ4v) is 8.14. The normalized spacial score (nSPS) is 23.6. The summed E-state index contributed by atoms with van der Waals surface area (Å²) >= 11 is 0. The minimum absolute atomic E-state index is 0.000277. The number of sulfone groups is 2. The second kappa shape index (κ2) is 6.65. The molecule has 6 nitrogen and oxygen atoms in total. The zero-order valence-electron chi connectivity index (χ0n) is 14.7. The van der Waals surface area contributed by atoms with E-state index in [1.165, 1.54) is 7.11 Å². The van der Waals surface area contributed by atoms with E-state index in [1.807, 2.05) is 13.8 Å². The smallest absolute Gasteiger partial charge is 0.184 e. The molecule has 24 heavy (non-hydrogen) atoms. The molecule has 1 saturated heterocycles. The number of rotatable bonds is 5. The highest BCUT2D eigenvalue weighted by Gasteiger charge is 2.46. The summed E-state index contributed by atoms with van der Waals surface area (Å²) in [6.45, 7) is 7.21. The molecule has 0 unspecified atom stereocenters. The van der Waals surface area contributed by atoms with Gasteiger partial charge in [0.2, 0.25) is 0 Å². The Morgan fingerprint density at radius 2 is 1.79 bits per heavy atom. The van der Waals surface area contributed by atoms with Crippen LogP contribution in [0.15, 0.2) is 17.0 Å². The third-order valence-electron chi connectivity index (χ3n) is 4.25. The van der Waals surface area contributed by atoms with Crippen LogP contribution in [0.1, 0.15) is 25.0 Å². The van der Waals surface area contributed by atoms with Gasteiger partial charge in [-0.05, 0) is 37.1 Å². The van der Waals surface area contributed by atoms with Crippen molar-refractivity contribution in [2.75, 3.05) is 18.6 Å². The topological polar surface area (TPSA) is 89.5 Å². The Labute approximate surface area is 144 Å². The van der Waals surface area contributed by atoms with Crippen LogP contribution in [0, 0.1) is 13.8 Å². The number of benzene rings is 1. The van der Waals surface area contributed by atoms with E-state index in [0.29, 0.717) is 16.9 Å². The maximum absolute atomic E-state index is 13.1. The van der Waals surface area contributed by atoms with Crippen LogP contribution in [0.4, 0.5) is 0 Å². The van der Waals surface area contributed by atoms with Crippen LogP contribution < -0.4 is 10.1 Å². The van der Waals surface area contributed by atoms with Crippen molar-refractivity contribution in [3.05, 3.63) is 23.3 Å². The van der Waals surface area contributed by atoms with E-state index in [9.17, 15) is 16.8 Å². The minimum Gasteiger partial charge on any atom is -0.496 e. The Morgan fingerprint density at radius 1 is 1.17 bits per heavy atom. The standard InChI is InChI=1S/C16H25NO5S2/c1-10(2)17-13-8-23(18,19)9-16(13)24(20,21)15-7-11(3)14(22-5)6-12(15)4/h6-7,10,13,16-17H,8-9H2,1-5H3/t13-,16-/m0/s1. The molecule has 0 saturated carbocycles. The highest BCUT2D eigenvalue weighted by molar-refractivity contribution is 7.96. The molecule has 1 aromatic carbocycles. The van der Waals surface area contributed by atoms with Gasteiger partial charge in [-0.2, -0.15) is 0 Å². The molecule has 2 atom stereocenters. The molecule has 1 N–H and O–H groups in total. The first-order chi connectivity index (χ1) is 11.0. The first-order valence-corrected chi connectivity index (χ1v) is 11.2. The van der Waals surface area contributed by atoms with Crippen molar-refractivity contribution in [2.45, 2.75) is 49.9 Å². The van der Waals surface area contributed by atoms with Crippen molar-refractivity contribution in [1.82, 2.24) is 5.32 Å². The van der Waals surface area contributed by atoms with Gasteiger partial charge >= 0.3 is 0 Å². The second-order valence-corrected chi connectivity index (χ2v) is 11.0. The van der Waals surface area contributed by atoms with Crippen LogP contribution in [-0.4, -0.2) is 52.8 Å². The zero-order valence-corrected chi connectivity index (χ0v) is 16.3. The van der Waals surface area contributed by atoms with Crippen LogP contribution >= 0.6 is 0 Å². The minimum atomic E-state index is -3.78. The molecule has 1 aliphatic heterocycles. The summed E-state index contributed by atoms with van der Waals surface area (Å²) in [5.74, 6) is 0.121. The number of hydrogen-bond donors (Lipinski definition) is 1. The summed E-state index contributed by atoms with van der Waals surface area (Å²) in [6.07, 6.45) is 0. The maximum atomic E-state index is 13.1. The SMILES string of the molecule is COc1cc(C)c(S(=O)(=O)[C@H]2CS(=O)(=O)C[C@@H]2NC(C)C)cc1C. The summed E-state index contributed by atoms with van der Waals surface area (Å²) in [5.41, 5.74) is 1.26. The van der Waals surface area contributed by atoms with Crippen LogP contribution in [-0.2, 0) is 19.7 Å². The van der Waals surface area contributed by atoms with Gasteiger partial charge in [-0.1, -0.05) is 13.8 Å². The molecule has 0 spiro atoms. The molecular formula is C16H25NO5S2. The lowest BCUT2D eigenvalue weighted by molar-refractivity contribution is 0.411. The molecule has 8 heteroatoms. The molecular weight excluding hydrogens is 350 g/mol. The predicted molar refractivity (Wildman–Crippen MR) is 94.2 cm³/mol. The number of hydrogen-bond acceptors (Lipinski definition) is 6. The van der Waals surface area contributed by atoms with E-state index in [4.69, 9.17) is 4.74 Å². The summed E-state index contributed by atoms with van der Waals surface area (Å²) in [5, 5.41) is 2.12. The third kappa shape index (κ3) is 3.75. The van der Waals surface area contributed by atoms with E-state index >= 15 is 0 Å². The Kier molecular flexibility index (Phi) is 5.32. The van der Waals surface area contributed by atoms with Crippen molar-refractivity contribution in [3.63, 3.8) is 0 Å². The highest BCUT2D eigenvalue weighted by Crippen LogP contribution is 2.31.